The molecule has 4 N–H and O–H groups in total. The molecule has 2 aromatic rings. The molecule has 0 bridgehead atoms. The number of nitrogens with one attached hydrogen (secondary N) is 2. The number of benzene rings is 1. The highest BCUT2D eigenvalue weighted by Crippen LogP contribution is 2.21. The number of aromatic nitrogens is 3. The summed E-state index contributed by atoms with van der Waals surface area (Å²) in [5.74, 6) is 5.88. The zero-order valence-corrected chi connectivity index (χ0v) is 11.4. The number of thioether (sulfide) groups is 1. The number of hydrogen-bond donors (Lipinski definition) is 3. The summed E-state index contributed by atoms with van der Waals surface area (Å²) in [7, 11) is 1.48. The molecule has 8 heteroatoms. The zero-order chi connectivity index (χ0) is 13.7. The van der Waals surface area contributed by atoms with Gasteiger partial charge in [-0.3, -0.25) is 5.43 Å². The number of anilines is 3. The molecular formula is C11H14N6OS. The molecule has 100 valence electrons. The molecular weight excluding hydrogens is 264 g/mol. The Morgan fingerprint density at radius 3 is 2.68 bits per heavy atom. The van der Waals surface area contributed by atoms with E-state index in [2.05, 4.69) is 25.7 Å². The largest absolute Gasteiger partial charge is 0.467 e. The first-order chi connectivity index (χ1) is 9.25. The Bertz CT molecular complexity index is 542. The Hall–Kier alpha value is -2.06. The molecule has 1 heterocycles. The van der Waals surface area contributed by atoms with Crippen LogP contribution in [0, 0.1) is 0 Å². The Balaban J connectivity index is 2.26. The molecule has 0 amide bonds. The van der Waals surface area contributed by atoms with Gasteiger partial charge in [-0.25, -0.2) is 5.84 Å². The molecule has 0 aliphatic carbocycles. The van der Waals surface area contributed by atoms with E-state index in [0.29, 0.717) is 5.95 Å². The summed E-state index contributed by atoms with van der Waals surface area (Å²) in [6.45, 7) is 0. The van der Waals surface area contributed by atoms with E-state index in [1.165, 1.54) is 7.11 Å². The van der Waals surface area contributed by atoms with Gasteiger partial charge in [0.2, 0.25) is 11.9 Å². The fourth-order valence-corrected chi connectivity index (χ4v) is 1.86. The Morgan fingerprint density at radius 1 is 1.21 bits per heavy atom. The van der Waals surface area contributed by atoms with Crippen molar-refractivity contribution in [1.29, 1.82) is 0 Å². The highest BCUT2D eigenvalue weighted by atomic mass is 32.2. The van der Waals surface area contributed by atoms with Crippen LogP contribution in [0.1, 0.15) is 0 Å². The molecule has 0 unspecified atom stereocenters. The normalized spacial score (nSPS) is 10.1. The van der Waals surface area contributed by atoms with E-state index in [1.54, 1.807) is 11.8 Å². The average Bonchev–Trinajstić information content (AvgIpc) is 2.47. The maximum Gasteiger partial charge on any atom is 0.322 e. The van der Waals surface area contributed by atoms with Crippen molar-refractivity contribution in [1.82, 2.24) is 15.0 Å². The van der Waals surface area contributed by atoms with Gasteiger partial charge in [-0.1, -0.05) is 6.07 Å². The molecule has 0 aliphatic heterocycles. The molecule has 0 radical (unpaired) electrons. The molecule has 19 heavy (non-hydrogen) atoms. The van der Waals surface area contributed by atoms with Crippen LogP contribution in [0.2, 0.25) is 0 Å². The summed E-state index contributed by atoms with van der Waals surface area (Å²) < 4.78 is 4.98. The summed E-state index contributed by atoms with van der Waals surface area (Å²) >= 11 is 1.66. The summed E-state index contributed by atoms with van der Waals surface area (Å²) in [4.78, 5) is 13.3. The predicted octanol–water partition coefficient (Wildman–Crippen LogP) is 1.63. The van der Waals surface area contributed by atoms with Crippen molar-refractivity contribution in [3.63, 3.8) is 0 Å². The minimum atomic E-state index is 0.187. The molecule has 0 atom stereocenters. The molecule has 7 nitrogen and oxygen atoms in total. The van der Waals surface area contributed by atoms with Crippen LogP contribution in [0.15, 0.2) is 29.2 Å². The molecule has 0 saturated heterocycles. The van der Waals surface area contributed by atoms with E-state index in [-0.39, 0.29) is 12.0 Å². The van der Waals surface area contributed by atoms with Gasteiger partial charge in [-0.15, -0.1) is 11.8 Å². The Kier molecular flexibility index (Phi) is 4.37. The third kappa shape index (κ3) is 3.46. The topological polar surface area (TPSA) is 98.0 Å². The Morgan fingerprint density at radius 2 is 2.00 bits per heavy atom. The quantitative estimate of drug-likeness (QED) is 0.431. The summed E-state index contributed by atoms with van der Waals surface area (Å²) in [5, 5.41) is 3.08. The summed E-state index contributed by atoms with van der Waals surface area (Å²) in [6.07, 6.45) is 2.02. The average molecular weight is 278 g/mol. The van der Waals surface area contributed by atoms with Crippen LogP contribution in [0.5, 0.6) is 6.01 Å². The first-order valence-corrected chi connectivity index (χ1v) is 6.65. The van der Waals surface area contributed by atoms with Crippen LogP contribution < -0.4 is 21.3 Å². The minimum absolute atomic E-state index is 0.187. The van der Waals surface area contributed by atoms with Crippen LogP contribution >= 0.6 is 11.8 Å². The molecule has 0 spiro atoms. The van der Waals surface area contributed by atoms with Crippen LogP contribution in [0.4, 0.5) is 17.6 Å². The van der Waals surface area contributed by atoms with E-state index in [9.17, 15) is 0 Å². The van der Waals surface area contributed by atoms with Crippen molar-refractivity contribution >= 4 is 29.3 Å². The van der Waals surface area contributed by atoms with Crippen molar-refractivity contribution in [3.05, 3.63) is 24.3 Å². The lowest BCUT2D eigenvalue weighted by Gasteiger charge is -2.08. The second-order valence-corrected chi connectivity index (χ2v) is 4.35. The van der Waals surface area contributed by atoms with Gasteiger partial charge in [-0.05, 0) is 24.5 Å². The van der Waals surface area contributed by atoms with Gasteiger partial charge in [0.15, 0.2) is 0 Å². The lowest BCUT2D eigenvalue weighted by Crippen LogP contribution is -2.13. The first-order valence-electron chi connectivity index (χ1n) is 5.43. The number of hydrazine groups is 1. The van der Waals surface area contributed by atoms with Crippen LogP contribution in [0.3, 0.4) is 0 Å². The second-order valence-electron chi connectivity index (χ2n) is 3.47. The van der Waals surface area contributed by atoms with E-state index in [0.717, 1.165) is 10.6 Å². The van der Waals surface area contributed by atoms with Crippen LogP contribution in [-0.2, 0) is 0 Å². The summed E-state index contributed by atoms with van der Waals surface area (Å²) in [5.41, 5.74) is 3.24. The SMILES string of the molecule is COc1nc(NN)nc(Nc2cccc(SC)c2)n1. The number of methoxy groups -OCH3 is 1. The highest BCUT2D eigenvalue weighted by Gasteiger charge is 2.06. The number of ether oxygens (including phenoxy) is 1. The van der Waals surface area contributed by atoms with Crippen molar-refractivity contribution in [2.45, 2.75) is 4.90 Å². The number of hydrogen-bond acceptors (Lipinski definition) is 8. The van der Waals surface area contributed by atoms with Crippen molar-refractivity contribution in [2.75, 3.05) is 24.1 Å². The van der Waals surface area contributed by atoms with Gasteiger partial charge < -0.3 is 10.1 Å². The molecule has 0 fully saturated rings. The minimum Gasteiger partial charge on any atom is -0.467 e. The van der Waals surface area contributed by atoms with Crippen LogP contribution in [-0.4, -0.2) is 28.3 Å². The molecule has 0 aliphatic rings. The van der Waals surface area contributed by atoms with Crippen molar-refractivity contribution in [3.8, 4) is 6.01 Å². The zero-order valence-electron chi connectivity index (χ0n) is 10.5. The fourth-order valence-electron chi connectivity index (χ4n) is 1.40. The highest BCUT2D eigenvalue weighted by molar-refractivity contribution is 7.98. The molecule has 0 saturated carbocycles. The van der Waals surface area contributed by atoms with Crippen molar-refractivity contribution < 1.29 is 4.74 Å². The fraction of sp³-hybridized carbons (Fsp3) is 0.182. The van der Waals surface area contributed by atoms with E-state index in [4.69, 9.17) is 10.6 Å². The van der Waals surface area contributed by atoms with Gasteiger partial charge in [0.1, 0.15) is 0 Å². The third-order valence-electron chi connectivity index (χ3n) is 2.25. The molecule has 1 aromatic heterocycles. The van der Waals surface area contributed by atoms with E-state index >= 15 is 0 Å². The molecule has 1 aromatic carbocycles. The monoisotopic (exact) mass is 278 g/mol. The van der Waals surface area contributed by atoms with Gasteiger partial charge in [0.05, 0.1) is 7.11 Å². The number of nitrogens with zero attached hydrogens (tertiary/aromatic N) is 3. The standard InChI is InChI=1S/C11H14N6OS/c1-18-11-15-9(14-10(16-11)17-12)13-7-4-3-5-8(6-7)19-2/h3-6H,12H2,1-2H3,(H2,13,14,15,16,17). The first kappa shape index (κ1) is 13.4. The third-order valence-corrected chi connectivity index (χ3v) is 2.98. The number of rotatable bonds is 5. The van der Waals surface area contributed by atoms with Gasteiger partial charge >= 0.3 is 6.01 Å². The lowest BCUT2D eigenvalue weighted by molar-refractivity contribution is 0.379. The van der Waals surface area contributed by atoms with Crippen LogP contribution in [0.25, 0.3) is 0 Å². The van der Waals surface area contributed by atoms with Gasteiger partial charge in [0, 0.05) is 10.6 Å². The second kappa shape index (κ2) is 6.21. The predicted molar refractivity (Wildman–Crippen MR) is 75.7 cm³/mol. The number of nitrogens with two attached hydrogens (primary N) is 1. The van der Waals surface area contributed by atoms with E-state index in [1.807, 2.05) is 30.5 Å². The molecule has 2 rings (SSSR count). The van der Waals surface area contributed by atoms with Gasteiger partial charge in [0.25, 0.3) is 0 Å². The maximum atomic E-state index is 5.29. The van der Waals surface area contributed by atoms with E-state index < -0.39 is 0 Å². The smallest absolute Gasteiger partial charge is 0.322 e. The Labute approximate surface area is 115 Å². The summed E-state index contributed by atoms with van der Waals surface area (Å²) in [6, 6.07) is 8.08. The van der Waals surface area contributed by atoms with Gasteiger partial charge in [-0.2, -0.15) is 15.0 Å². The lowest BCUT2D eigenvalue weighted by atomic mass is 10.3. The van der Waals surface area contributed by atoms with Crippen molar-refractivity contribution in [2.24, 2.45) is 5.84 Å². The maximum absolute atomic E-state index is 5.29. The number of nitrogen functional groups attached to an aromatic ring is 1.